The van der Waals surface area contributed by atoms with E-state index in [0.29, 0.717) is 17.1 Å². The summed E-state index contributed by atoms with van der Waals surface area (Å²) in [6, 6.07) is 5.08. The van der Waals surface area contributed by atoms with E-state index in [9.17, 15) is 9.59 Å². The molecule has 0 amide bonds. The molecule has 1 heterocycles. The Morgan fingerprint density at radius 3 is 2.64 bits per heavy atom. The van der Waals surface area contributed by atoms with Crippen LogP contribution in [0.25, 0.3) is 0 Å². The number of ether oxygens (including phenoxy) is 3. The number of methoxy groups -OCH3 is 1. The highest BCUT2D eigenvalue weighted by molar-refractivity contribution is 5.99. The largest absolute Gasteiger partial charge is 0.469 e. The van der Waals surface area contributed by atoms with Crippen molar-refractivity contribution in [1.82, 2.24) is 0 Å². The van der Waals surface area contributed by atoms with Gasteiger partial charge in [-0.25, -0.2) is 0 Å². The molecule has 2 atom stereocenters. The lowest BCUT2D eigenvalue weighted by Crippen LogP contribution is -2.37. The van der Waals surface area contributed by atoms with Crippen LogP contribution in [-0.4, -0.2) is 25.7 Å². The minimum absolute atomic E-state index is 0.0397. The third-order valence-electron chi connectivity index (χ3n) is 4.57. The van der Waals surface area contributed by atoms with E-state index in [4.69, 9.17) is 14.2 Å². The van der Waals surface area contributed by atoms with E-state index in [1.54, 1.807) is 25.1 Å². The molecule has 1 aromatic rings. The number of fused-ring (bicyclic) bond motifs is 1. The number of rotatable bonds is 6. The van der Waals surface area contributed by atoms with Crippen LogP contribution in [0.2, 0.25) is 0 Å². The molecule has 5 nitrogen and oxygen atoms in total. The lowest BCUT2D eigenvalue weighted by molar-refractivity contribution is -0.154. The number of hydrogen-bond acceptors (Lipinski definition) is 5. The van der Waals surface area contributed by atoms with E-state index >= 15 is 0 Å². The monoisotopic (exact) mass is 306 g/mol. The van der Waals surface area contributed by atoms with E-state index in [2.05, 4.69) is 0 Å². The molecule has 2 rings (SSSR count). The zero-order chi connectivity index (χ0) is 16.3. The predicted octanol–water partition coefficient (Wildman–Crippen LogP) is 3.21. The fourth-order valence-corrected chi connectivity index (χ4v) is 2.64. The van der Waals surface area contributed by atoms with Gasteiger partial charge >= 0.3 is 5.97 Å². The fourth-order valence-electron chi connectivity index (χ4n) is 2.64. The Balaban J connectivity index is 2.23. The van der Waals surface area contributed by atoms with Crippen LogP contribution in [0.15, 0.2) is 18.2 Å². The van der Waals surface area contributed by atoms with Gasteiger partial charge in [-0.15, -0.1) is 0 Å². The van der Waals surface area contributed by atoms with Crippen molar-refractivity contribution < 1.29 is 23.8 Å². The van der Waals surface area contributed by atoms with Gasteiger partial charge in [-0.1, -0.05) is 20.3 Å². The van der Waals surface area contributed by atoms with Crippen molar-refractivity contribution in [3.05, 3.63) is 23.8 Å². The number of Topliss-reactive ketones (excluding diaryl/α,β-unsaturated/α-hetero) is 1. The van der Waals surface area contributed by atoms with Crippen molar-refractivity contribution in [3.8, 4) is 11.5 Å². The van der Waals surface area contributed by atoms with E-state index in [-0.39, 0.29) is 30.9 Å². The summed E-state index contributed by atoms with van der Waals surface area (Å²) >= 11 is 0. The van der Waals surface area contributed by atoms with Crippen LogP contribution in [0, 0.1) is 11.3 Å². The highest BCUT2D eigenvalue weighted by Crippen LogP contribution is 2.38. The van der Waals surface area contributed by atoms with Crippen LogP contribution in [0.1, 0.15) is 44.0 Å². The second-order valence-electron chi connectivity index (χ2n) is 5.89. The molecule has 0 saturated heterocycles. The van der Waals surface area contributed by atoms with Gasteiger partial charge in [0.15, 0.2) is 17.3 Å². The van der Waals surface area contributed by atoms with E-state index in [1.165, 1.54) is 7.11 Å². The fraction of sp³-hybridized carbons (Fsp3) is 0.529. The highest BCUT2D eigenvalue weighted by Gasteiger charge is 2.41. The smallest absolute Gasteiger partial charge is 0.312 e. The Labute approximate surface area is 130 Å². The van der Waals surface area contributed by atoms with E-state index < -0.39 is 5.41 Å². The average Bonchev–Trinajstić information content (AvgIpc) is 3.00. The Hall–Kier alpha value is -2.04. The van der Waals surface area contributed by atoms with Gasteiger partial charge in [-0.2, -0.15) is 0 Å². The molecular weight excluding hydrogens is 284 g/mol. The van der Waals surface area contributed by atoms with Gasteiger partial charge in [-0.3, -0.25) is 9.59 Å². The van der Waals surface area contributed by atoms with Crippen molar-refractivity contribution in [2.24, 2.45) is 11.3 Å². The Morgan fingerprint density at radius 1 is 1.32 bits per heavy atom. The third-order valence-corrected chi connectivity index (χ3v) is 4.57. The van der Waals surface area contributed by atoms with Gasteiger partial charge in [0.25, 0.3) is 0 Å². The van der Waals surface area contributed by atoms with Gasteiger partial charge in [0, 0.05) is 12.0 Å². The maximum atomic E-state index is 12.6. The normalized spacial score (nSPS) is 16.7. The zero-order valence-electron chi connectivity index (χ0n) is 13.5. The molecule has 0 unspecified atom stereocenters. The minimum atomic E-state index is -0.836. The molecule has 0 saturated carbocycles. The van der Waals surface area contributed by atoms with Crippen molar-refractivity contribution in [2.45, 2.75) is 33.6 Å². The summed E-state index contributed by atoms with van der Waals surface area (Å²) < 4.78 is 15.4. The summed E-state index contributed by atoms with van der Waals surface area (Å²) in [5.41, 5.74) is -0.320. The first-order valence-electron chi connectivity index (χ1n) is 7.43. The third kappa shape index (κ3) is 2.93. The topological polar surface area (TPSA) is 61.8 Å². The maximum Gasteiger partial charge on any atom is 0.312 e. The molecule has 1 aromatic carbocycles. The molecule has 120 valence electrons. The first kappa shape index (κ1) is 16.3. The number of benzene rings is 1. The molecule has 0 spiro atoms. The van der Waals surface area contributed by atoms with Gasteiger partial charge in [0.05, 0.1) is 12.5 Å². The SMILES string of the molecule is CC[C@@H](C)[C@@](C)(CC(=O)c1ccc2c(c1)OCO2)C(=O)OC. The van der Waals surface area contributed by atoms with Crippen molar-refractivity contribution in [3.63, 3.8) is 0 Å². The summed E-state index contributed by atoms with van der Waals surface area (Å²) in [5, 5.41) is 0. The average molecular weight is 306 g/mol. The lowest BCUT2D eigenvalue weighted by Gasteiger charge is -2.31. The summed E-state index contributed by atoms with van der Waals surface area (Å²) in [6.07, 6.45) is 0.897. The molecule has 0 fully saturated rings. The van der Waals surface area contributed by atoms with Gasteiger partial charge in [0.2, 0.25) is 6.79 Å². The van der Waals surface area contributed by atoms with Crippen molar-refractivity contribution >= 4 is 11.8 Å². The standard InChI is InChI=1S/C17H22O5/c1-5-11(2)17(3,16(19)20-4)9-13(18)12-6-7-14-15(8-12)22-10-21-14/h6-8,11H,5,9-10H2,1-4H3/t11-,17-/m1/s1. The number of carbonyl (C=O) groups is 2. The molecule has 0 aromatic heterocycles. The van der Waals surface area contributed by atoms with E-state index in [1.807, 2.05) is 13.8 Å². The first-order chi connectivity index (χ1) is 10.4. The maximum absolute atomic E-state index is 12.6. The summed E-state index contributed by atoms with van der Waals surface area (Å²) in [4.78, 5) is 24.8. The highest BCUT2D eigenvalue weighted by atomic mass is 16.7. The zero-order valence-corrected chi connectivity index (χ0v) is 13.5. The van der Waals surface area contributed by atoms with Crippen LogP contribution >= 0.6 is 0 Å². The molecule has 0 aliphatic carbocycles. The number of hydrogen-bond donors (Lipinski definition) is 0. The second kappa shape index (κ2) is 6.38. The summed E-state index contributed by atoms with van der Waals surface area (Å²) in [5.74, 6) is 0.781. The Morgan fingerprint density at radius 2 is 2.00 bits per heavy atom. The number of ketones is 1. The van der Waals surface area contributed by atoms with Crippen LogP contribution in [0.3, 0.4) is 0 Å². The van der Waals surface area contributed by atoms with Crippen LogP contribution in [-0.2, 0) is 9.53 Å². The Bertz CT molecular complexity index is 580. The van der Waals surface area contributed by atoms with Crippen molar-refractivity contribution in [2.75, 3.05) is 13.9 Å². The van der Waals surface area contributed by atoms with Crippen LogP contribution < -0.4 is 9.47 Å². The van der Waals surface area contributed by atoms with Crippen LogP contribution in [0.4, 0.5) is 0 Å². The van der Waals surface area contributed by atoms with Crippen molar-refractivity contribution in [1.29, 1.82) is 0 Å². The first-order valence-corrected chi connectivity index (χ1v) is 7.43. The lowest BCUT2D eigenvalue weighted by atomic mass is 9.72. The number of carbonyl (C=O) groups excluding carboxylic acids is 2. The molecule has 0 radical (unpaired) electrons. The molecule has 5 heteroatoms. The van der Waals surface area contributed by atoms with Crippen LogP contribution in [0.5, 0.6) is 11.5 Å². The number of esters is 1. The molecule has 1 aliphatic rings. The molecule has 22 heavy (non-hydrogen) atoms. The van der Waals surface area contributed by atoms with E-state index in [0.717, 1.165) is 6.42 Å². The van der Waals surface area contributed by atoms with Gasteiger partial charge < -0.3 is 14.2 Å². The summed E-state index contributed by atoms with van der Waals surface area (Å²) in [6.45, 7) is 5.92. The predicted molar refractivity (Wildman–Crippen MR) is 81.1 cm³/mol. The minimum Gasteiger partial charge on any atom is -0.469 e. The molecular formula is C17H22O5. The molecule has 0 N–H and O–H groups in total. The van der Waals surface area contributed by atoms with Gasteiger partial charge in [0.1, 0.15) is 0 Å². The Kier molecular flexibility index (Phi) is 4.74. The summed E-state index contributed by atoms with van der Waals surface area (Å²) in [7, 11) is 1.36. The quantitative estimate of drug-likeness (QED) is 0.596. The van der Waals surface area contributed by atoms with Gasteiger partial charge in [-0.05, 0) is 31.0 Å². The molecule has 1 aliphatic heterocycles. The second-order valence-corrected chi connectivity index (χ2v) is 5.89. The molecule has 0 bridgehead atoms.